The second-order valence-electron chi connectivity index (χ2n) is 4.73. The molecular formula is C14H18N2O4. The monoisotopic (exact) mass is 278 g/mol. The number of nitrogens with one attached hydrogen (secondary N) is 1. The lowest BCUT2D eigenvalue weighted by Gasteiger charge is -2.17. The van der Waals surface area contributed by atoms with Crippen LogP contribution in [0.25, 0.3) is 0 Å². The van der Waals surface area contributed by atoms with Crippen LogP contribution < -0.4 is 5.32 Å². The number of carbonyl (C=O) groups excluding carboxylic acids is 2. The summed E-state index contributed by atoms with van der Waals surface area (Å²) in [4.78, 5) is 35.4. The minimum Gasteiger partial charge on any atom is -0.478 e. The number of benzene rings is 1. The SMILES string of the molecule is CC(=O)N(C)CC(=O)Nc1c(C)cc(C)cc1C(=O)O. The van der Waals surface area contributed by atoms with Gasteiger partial charge in [0.1, 0.15) is 0 Å². The number of aromatic carboxylic acids is 1. The Balaban J connectivity index is 3.00. The van der Waals surface area contributed by atoms with Crippen LogP contribution in [0.4, 0.5) is 5.69 Å². The van der Waals surface area contributed by atoms with Crippen LogP contribution >= 0.6 is 0 Å². The molecule has 0 unspecified atom stereocenters. The van der Waals surface area contributed by atoms with Crippen LogP contribution in [0.3, 0.4) is 0 Å². The highest BCUT2D eigenvalue weighted by atomic mass is 16.4. The number of nitrogens with zero attached hydrogens (tertiary/aromatic N) is 1. The van der Waals surface area contributed by atoms with E-state index in [2.05, 4.69) is 5.32 Å². The number of hydrogen-bond donors (Lipinski definition) is 2. The third-order valence-electron chi connectivity index (χ3n) is 2.89. The normalized spacial score (nSPS) is 10.0. The van der Waals surface area contributed by atoms with Gasteiger partial charge in [0.25, 0.3) is 0 Å². The van der Waals surface area contributed by atoms with Crippen LogP contribution in [0.1, 0.15) is 28.4 Å². The zero-order valence-corrected chi connectivity index (χ0v) is 12.0. The molecule has 0 spiro atoms. The molecule has 1 rings (SSSR count). The maximum Gasteiger partial charge on any atom is 0.337 e. The van der Waals surface area contributed by atoms with Gasteiger partial charge in [-0.05, 0) is 31.0 Å². The van der Waals surface area contributed by atoms with Crippen LogP contribution in [0, 0.1) is 13.8 Å². The first-order valence-electron chi connectivity index (χ1n) is 6.08. The zero-order valence-electron chi connectivity index (χ0n) is 12.0. The Hall–Kier alpha value is -2.37. The largest absolute Gasteiger partial charge is 0.478 e. The summed E-state index contributed by atoms with van der Waals surface area (Å²) >= 11 is 0. The summed E-state index contributed by atoms with van der Waals surface area (Å²) in [6, 6.07) is 3.29. The molecule has 1 aromatic carbocycles. The molecule has 2 N–H and O–H groups in total. The van der Waals surface area contributed by atoms with Gasteiger partial charge < -0.3 is 15.3 Å². The van der Waals surface area contributed by atoms with Gasteiger partial charge in [-0.3, -0.25) is 9.59 Å². The van der Waals surface area contributed by atoms with E-state index in [0.717, 1.165) is 5.56 Å². The van der Waals surface area contributed by atoms with Crippen LogP contribution in [0.15, 0.2) is 12.1 Å². The molecule has 108 valence electrons. The summed E-state index contributed by atoms with van der Waals surface area (Å²) in [5, 5.41) is 11.7. The van der Waals surface area contributed by atoms with E-state index >= 15 is 0 Å². The van der Waals surface area contributed by atoms with Gasteiger partial charge in [-0.1, -0.05) is 6.07 Å². The fourth-order valence-electron chi connectivity index (χ4n) is 1.81. The Bertz CT molecular complexity index is 567. The zero-order chi connectivity index (χ0) is 15.4. The molecule has 0 saturated carbocycles. The van der Waals surface area contributed by atoms with E-state index in [4.69, 9.17) is 0 Å². The molecule has 0 atom stereocenters. The van der Waals surface area contributed by atoms with E-state index in [1.807, 2.05) is 0 Å². The van der Waals surface area contributed by atoms with Gasteiger partial charge in [-0.2, -0.15) is 0 Å². The molecule has 1 aromatic rings. The fraction of sp³-hybridized carbons (Fsp3) is 0.357. The van der Waals surface area contributed by atoms with Gasteiger partial charge in [0.15, 0.2) is 0 Å². The topological polar surface area (TPSA) is 86.7 Å². The smallest absolute Gasteiger partial charge is 0.337 e. The number of carboxylic acids is 1. The molecule has 0 bridgehead atoms. The van der Waals surface area contributed by atoms with Crippen molar-refractivity contribution in [2.75, 3.05) is 18.9 Å². The molecule has 0 aliphatic heterocycles. The van der Waals surface area contributed by atoms with Gasteiger partial charge in [0.2, 0.25) is 11.8 Å². The standard InChI is InChI=1S/C14H18N2O4/c1-8-5-9(2)13(11(6-8)14(19)20)15-12(18)7-16(4)10(3)17/h5-6H,7H2,1-4H3,(H,15,18)(H,19,20). The summed E-state index contributed by atoms with van der Waals surface area (Å²) < 4.78 is 0. The summed E-state index contributed by atoms with van der Waals surface area (Å²) in [6.07, 6.45) is 0. The number of hydrogen-bond acceptors (Lipinski definition) is 3. The van der Waals surface area contributed by atoms with E-state index in [-0.39, 0.29) is 23.7 Å². The summed E-state index contributed by atoms with van der Waals surface area (Å²) in [7, 11) is 1.50. The Kier molecular flexibility index (Phi) is 4.85. The van der Waals surface area contributed by atoms with E-state index in [0.29, 0.717) is 5.56 Å². The van der Waals surface area contributed by atoms with Gasteiger partial charge in [-0.25, -0.2) is 4.79 Å². The van der Waals surface area contributed by atoms with Crippen molar-refractivity contribution >= 4 is 23.5 Å². The molecule has 0 heterocycles. The number of likely N-dealkylation sites (N-methyl/N-ethyl adjacent to an activating group) is 1. The third kappa shape index (κ3) is 3.81. The Morgan fingerprint density at radius 2 is 1.85 bits per heavy atom. The maximum absolute atomic E-state index is 11.8. The predicted octanol–water partition coefficient (Wildman–Crippen LogP) is 1.42. The van der Waals surface area contributed by atoms with Crippen molar-refractivity contribution in [3.63, 3.8) is 0 Å². The molecule has 20 heavy (non-hydrogen) atoms. The van der Waals surface area contributed by atoms with E-state index in [9.17, 15) is 19.5 Å². The van der Waals surface area contributed by atoms with Gasteiger partial charge in [0.05, 0.1) is 17.8 Å². The minimum atomic E-state index is -1.10. The number of carboxylic acid groups (broad SMARTS) is 1. The van der Waals surface area contributed by atoms with E-state index in [1.165, 1.54) is 24.9 Å². The Morgan fingerprint density at radius 3 is 2.35 bits per heavy atom. The van der Waals surface area contributed by atoms with Crippen LogP contribution in [0.5, 0.6) is 0 Å². The lowest BCUT2D eigenvalue weighted by atomic mass is 10.0. The van der Waals surface area contributed by atoms with Crippen LogP contribution in [0.2, 0.25) is 0 Å². The molecule has 6 nitrogen and oxygen atoms in total. The molecule has 0 aliphatic rings. The first kappa shape index (κ1) is 15.7. The van der Waals surface area contributed by atoms with Crippen LogP contribution in [-0.4, -0.2) is 41.4 Å². The van der Waals surface area contributed by atoms with Crippen LogP contribution in [-0.2, 0) is 9.59 Å². The highest BCUT2D eigenvalue weighted by Crippen LogP contribution is 2.22. The maximum atomic E-state index is 11.8. The van der Waals surface area contributed by atoms with Crippen molar-refractivity contribution < 1.29 is 19.5 Å². The molecule has 0 aromatic heterocycles. The van der Waals surface area contributed by atoms with Gasteiger partial charge in [0, 0.05) is 14.0 Å². The first-order chi connectivity index (χ1) is 9.22. The average Bonchev–Trinajstić information content (AvgIpc) is 2.31. The molecule has 0 saturated heterocycles. The van der Waals surface area contributed by atoms with Crippen molar-refractivity contribution in [1.29, 1.82) is 0 Å². The van der Waals surface area contributed by atoms with Crippen molar-refractivity contribution in [3.05, 3.63) is 28.8 Å². The van der Waals surface area contributed by atoms with E-state index < -0.39 is 11.9 Å². The summed E-state index contributed by atoms with van der Waals surface area (Å²) in [5.41, 5.74) is 1.78. The summed E-state index contributed by atoms with van der Waals surface area (Å²) in [6.45, 7) is 4.74. The fourth-order valence-corrected chi connectivity index (χ4v) is 1.81. The van der Waals surface area contributed by atoms with Crippen molar-refractivity contribution in [2.45, 2.75) is 20.8 Å². The number of amides is 2. The minimum absolute atomic E-state index is 0.0429. The first-order valence-corrected chi connectivity index (χ1v) is 6.08. The molecule has 2 amide bonds. The number of aryl methyl sites for hydroxylation is 2. The second-order valence-corrected chi connectivity index (χ2v) is 4.73. The quantitative estimate of drug-likeness (QED) is 0.872. The highest BCUT2D eigenvalue weighted by Gasteiger charge is 2.17. The number of carbonyl (C=O) groups is 3. The highest BCUT2D eigenvalue weighted by molar-refractivity contribution is 6.02. The molecular weight excluding hydrogens is 260 g/mol. The third-order valence-corrected chi connectivity index (χ3v) is 2.89. The Labute approximate surface area is 117 Å². The second kappa shape index (κ2) is 6.18. The summed E-state index contributed by atoms with van der Waals surface area (Å²) in [5.74, 6) is -1.77. The molecule has 0 fully saturated rings. The lowest BCUT2D eigenvalue weighted by molar-refractivity contribution is -0.131. The lowest BCUT2D eigenvalue weighted by Crippen LogP contribution is -2.33. The number of rotatable bonds is 4. The Morgan fingerprint density at radius 1 is 1.25 bits per heavy atom. The van der Waals surface area contributed by atoms with Gasteiger partial charge >= 0.3 is 5.97 Å². The molecule has 6 heteroatoms. The van der Waals surface area contributed by atoms with Crippen molar-refractivity contribution in [3.8, 4) is 0 Å². The molecule has 0 aliphatic carbocycles. The van der Waals surface area contributed by atoms with Crippen molar-refractivity contribution in [2.24, 2.45) is 0 Å². The predicted molar refractivity (Wildman–Crippen MR) is 74.8 cm³/mol. The van der Waals surface area contributed by atoms with E-state index in [1.54, 1.807) is 19.9 Å². The molecule has 0 radical (unpaired) electrons. The van der Waals surface area contributed by atoms with Gasteiger partial charge in [-0.15, -0.1) is 0 Å². The number of anilines is 1. The van der Waals surface area contributed by atoms with Crippen molar-refractivity contribution in [1.82, 2.24) is 4.90 Å². The average molecular weight is 278 g/mol.